The molecule has 0 bridgehead atoms. The third-order valence-electron chi connectivity index (χ3n) is 3.35. The number of rotatable bonds is 3. The summed E-state index contributed by atoms with van der Waals surface area (Å²) in [4.78, 5) is 0. The molecule has 5 heteroatoms. The van der Waals surface area contributed by atoms with Gasteiger partial charge in [-0.25, -0.2) is 8.42 Å². The summed E-state index contributed by atoms with van der Waals surface area (Å²) in [5.41, 5.74) is 1.03. The molecular weight excluding hydrogens is 250 g/mol. The van der Waals surface area contributed by atoms with E-state index in [1.165, 1.54) is 0 Å². The zero-order chi connectivity index (χ0) is 13.2. The molecule has 2 rings (SSSR count). The zero-order valence-corrected chi connectivity index (χ0v) is 11.6. The van der Waals surface area contributed by atoms with Gasteiger partial charge in [-0.3, -0.25) is 0 Å². The van der Waals surface area contributed by atoms with Gasteiger partial charge in [0.1, 0.15) is 0 Å². The summed E-state index contributed by atoms with van der Waals surface area (Å²) in [5, 5.41) is 0. The Hall–Kier alpha value is -0.910. The Balaban J connectivity index is 2.25. The fraction of sp³-hybridized carbons (Fsp3) is 0.538. The Bertz CT molecular complexity index is 486. The highest BCUT2D eigenvalue weighted by molar-refractivity contribution is 7.89. The highest BCUT2D eigenvalue weighted by atomic mass is 32.2. The first-order valence-corrected chi connectivity index (χ1v) is 7.83. The average molecular weight is 269 g/mol. The lowest BCUT2D eigenvalue weighted by Gasteiger charge is -2.38. The van der Waals surface area contributed by atoms with Crippen LogP contribution in [0, 0.1) is 0 Å². The molecule has 4 nitrogen and oxygen atoms in total. The molecule has 2 atom stereocenters. The third kappa shape index (κ3) is 2.58. The van der Waals surface area contributed by atoms with Crippen molar-refractivity contribution < 1.29 is 13.2 Å². The first-order chi connectivity index (χ1) is 8.56. The monoisotopic (exact) mass is 269 g/mol. The summed E-state index contributed by atoms with van der Waals surface area (Å²) in [6.07, 6.45) is -0.179. The number of sulfonamides is 1. The first kappa shape index (κ1) is 13.5. The minimum absolute atomic E-state index is 0.138. The molecule has 0 N–H and O–H groups in total. The molecule has 1 aromatic carbocycles. The molecule has 1 aliphatic heterocycles. The van der Waals surface area contributed by atoms with E-state index in [1.54, 1.807) is 11.2 Å². The van der Waals surface area contributed by atoms with Gasteiger partial charge in [0.25, 0.3) is 0 Å². The van der Waals surface area contributed by atoms with Crippen molar-refractivity contribution in [2.24, 2.45) is 0 Å². The predicted octanol–water partition coefficient (Wildman–Crippen LogP) is 1.80. The highest BCUT2D eigenvalue weighted by Crippen LogP contribution is 2.29. The topological polar surface area (TPSA) is 46.6 Å². The zero-order valence-electron chi connectivity index (χ0n) is 10.7. The van der Waals surface area contributed by atoms with E-state index in [0.717, 1.165) is 5.56 Å². The lowest BCUT2D eigenvalue weighted by atomic mass is 10.0. The molecule has 1 heterocycles. The largest absolute Gasteiger partial charge is 0.370 e. The summed E-state index contributed by atoms with van der Waals surface area (Å²) in [6, 6.07) is 9.62. The quantitative estimate of drug-likeness (QED) is 0.840. The molecule has 1 aromatic rings. The second-order valence-corrected chi connectivity index (χ2v) is 6.66. The van der Waals surface area contributed by atoms with Gasteiger partial charge in [-0.15, -0.1) is 0 Å². The van der Waals surface area contributed by atoms with Crippen molar-refractivity contribution in [1.82, 2.24) is 4.31 Å². The van der Waals surface area contributed by atoms with Crippen LogP contribution in [0.2, 0.25) is 0 Å². The molecule has 0 amide bonds. The molecule has 0 aliphatic carbocycles. The van der Waals surface area contributed by atoms with Crippen molar-refractivity contribution in [3.05, 3.63) is 35.9 Å². The van der Waals surface area contributed by atoms with E-state index in [-0.39, 0.29) is 17.9 Å². The second-order valence-electron chi connectivity index (χ2n) is 4.45. The maximum Gasteiger partial charge on any atom is 0.214 e. The smallest absolute Gasteiger partial charge is 0.214 e. The molecule has 1 aliphatic rings. The van der Waals surface area contributed by atoms with Gasteiger partial charge < -0.3 is 4.74 Å². The van der Waals surface area contributed by atoms with Gasteiger partial charge in [0.15, 0.2) is 0 Å². The van der Waals surface area contributed by atoms with Crippen LogP contribution >= 0.6 is 0 Å². The van der Waals surface area contributed by atoms with Gasteiger partial charge in [-0.2, -0.15) is 4.31 Å². The number of hydrogen-bond acceptors (Lipinski definition) is 3. The van der Waals surface area contributed by atoms with Crippen molar-refractivity contribution in [1.29, 1.82) is 0 Å². The van der Waals surface area contributed by atoms with Crippen LogP contribution in [0.15, 0.2) is 30.3 Å². The minimum Gasteiger partial charge on any atom is -0.370 e. The number of morpholine rings is 1. The molecule has 0 saturated carbocycles. The van der Waals surface area contributed by atoms with E-state index in [1.807, 2.05) is 37.3 Å². The first-order valence-electron chi connectivity index (χ1n) is 6.22. The molecule has 1 fully saturated rings. The van der Waals surface area contributed by atoms with Crippen molar-refractivity contribution in [3.8, 4) is 0 Å². The van der Waals surface area contributed by atoms with Crippen LogP contribution in [-0.2, 0) is 14.8 Å². The fourth-order valence-electron chi connectivity index (χ4n) is 2.34. The molecule has 0 aromatic heterocycles. The van der Waals surface area contributed by atoms with Crippen LogP contribution in [-0.4, -0.2) is 37.7 Å². The number of benzene rings is 1. The lowest BCUT2D eigenvalue weighted by molar-refractivity contribution is -0.0360. The van der Waals surface area contributed by atoms with Crippen LogP contribution in [0.25, 0.3) is 0 Å². The SMILES string of the molecule is CCS(=O)(=O)N1CCOC(c2ccccc2)C1C. The summed E-state index contributed by atoms with van der Waals surface area (Å²) in [6.45, 7) is 4.48. The van der Waals surface area contributed by atoms with Crippen LogP contribution in [0.5, 0.6) is 0 Å². The molecule has 2 unspecified atom stereocenters. The maximum atomic E-state index is 12.0. The summed E-state index contributed by atoms with van der Waals surface area (Å²) >= 11 is 0. The van der Waals surface area contributed by atoms with Gasteiger partial charge in [-0.1, -0.05) is 30.3 Å². The summed E-state index contributed by atoms with van der Waals surface area (Å²) in [7, 11) is -3.16. The molecule has 0 spiro atoms. The van der Waals surface area contributed by atoms with Crippen LogP contribution in [0.1, 0.15) is 25.5 Å². The van der Waals surface area contributed by atoms with E-state index in [0.29, 0.717) is 13.2 Å². The predicted molar refractivity (Wildman–Crippen MR) is 70.8 cm³/mol. The molecule has 18 heavy (non-hydrogen) atoms. The van der Waals surface area contributed by atoms with Crippen LogP contribution in [0.4, 0.5) is 0 Å². The van der Waals surface area contributed by atoms with E-state index < -0.39 is 10.0 Å². The maximum absolute atomic E-state index is 12.0. The van der Waals surface area contributed by atoms with Gasteiger partial charge in [0, 0.05) is 6.54 Å². The van der Waals surface area contributed by atoms with E-state index >= 15 is 0 Å². The number of ether oxygens (including phenoxy) is 1. The summed E-state index contributed by atoms with van der Waals surface area (Å²) in [5.74, 6) is 0.138. The van der Waals surface area contributed by atoms with Crippen molar-refractivity contribution in [2.45, 2.75) is 26.0 Å². The third-order valence-corrected chi connectivity index (χ3v) is 5.31. The van der Waals surface area contributed by atoms with E-state index in [9.17, 15) is 8.42 Å². The van der Waals surface area contributed by atoms with Crippen LogP contribution < -0.4 is 0 Å². The molecule has 100 valence electrons. The normalized spacial score (nSPS) is 26.1. The Morgan fingerprint density at radius 3 is 2.61 bits per heavy atom. The van der Waals surface area contributed by atoms with E-state index in [2.05, 4.69) is 0 Å². The Morgan fingerprint density at radius 1 is 1.33 bits per heavy atom. The van der Waals surface area contributed by atoms with Crippen molar-refractivity contribution in [2.75, 3.05) is 18.9 Å². The van der Waals surface area contributed by atoms with E-state index in [4.69, 9.17) is 4.74 Å². The summed E-state index contributed by atoms with van der Waals surface area (Å²) < 4.78 is 31.3. The molecule has 1 saturated heterocycles. The van der Waals surface area contributed by atoms with Crippen molar-refractivity contribution in [3.63, 3.8) is 0 Å². The second kappa shape index (κ2) is 5.38. The van der Waals surface area contributed by atoms with Gasteiger partial charge in [0.05, 0.1) is 24.5 Å². The Kier molecular flexibility index (Phi) is 4.04. The van der Waals surface area contributed by atoms with Crippen molar-refractivity contribution >= 4 is 10.0 Å². The number of nitrogens with zero attached hydrogens (tertiary/aromatic N) is 1. The number of hydrogen-bond donors (Lipinski definition) is 0. The highest BCUT2D eigenvalue weighted by Gasteiger charge is 2.35. The van der Waals surface area contributed by atoms with Gasteiger partial charge in [-0.05, 0) is 19.4 Å². The average Bonchev–Trinajstić information content (AvgIpc) is 2.40. The lowest BCUT2D eigenvalue weighted by Crippen LogP contribution is -2.49. The molecule has 0 radical (unpaired) electrons. The van der Waals surface area contributed by atoms with Gasteiger partial charge in [0.2, 0.25) is 10.0 Å². The standard InChI is InChI=1S/C13H19NO3S/c1-3-18(15,16)14-9-10-17-13(11(14)2)12-7-5-4-6-8-12/h4-8,11,13H,3,9-10H2,1-2H3. The Morgan fingerprint density at radius 2 is 2.00 bits per heavy atom. The van der Waals surface area contributed by atoms with Crippen LogP contribution in [0.3, 0.4) is 0 Å². The fourth-order valence-corrected chi connectivity index (χ4v) is 3.64. The Labute approximate surface area is 109 Å². The van der Waals surface area contributed by atoms with Gasteiger partial charge >= 0.3 is 0 Å². The molecular formula is C13H19NO3S. The minimum atomic E-state index is -3.16.